The Kier molecular flexibility index (Phi) is 8.20. The second-order valence-electron chi connectivity index (χ2n) is 1.63. The summed E-state index contributed by atoms with van der Waals surface area (Å²) in [5.41, 5.74) is 0. The predicted octanol–water partition coefficient (Wildman–Crippen LogP) is 3.33. The Bertz CT molecular complexity index is 136. The maximum Gasteiger partial charge on any atom is 0.321 e. The number of carbonyl (C=O) groups is 1. The number of carboxylic acid groups (broad SMARTS) is 1. The third-order valence-corrected chi connectivity index (χ3v) is 1.99. The van der Waals surface area contributed by atoms with Gasteiger partial charge < -0.3 is 5.11 Å². The van der Waals surface area contributed by atoms with E-state index in [9.17, 15) is 4.79 Å². The molecule has 0 saturated heterocycles. The summed E-state index contributed by atoms with van der Waals surface area (Å²) in [7, 11) is 0. The van der Waals surface area contributed by atoms with Crippen molar-refractivity contribution in [3.8, 4) is 0 Å². The molecular weight excluding hydrogens is 391 g/mol. The number of aliphatic carboxylic acids is 1. The lowest BCUT2D eigenvalue weighted by Crippen LogP contribution is -2.19. The van der Waals surface area contributed by atoms with Gasteiger partial charge >= 0.3 is 5.97 Å². The van der Waals surface area contributed by atoms with Crippen molar-refractivity contribution in [1.82, 2.24) is 0 Å². The van der Waals surface area contributed by atoms with Crippen LogP contribution in [0.3, 0.4) is 0 Å². The lowest BCUT2D eigenvalue weighted by molar-refractivity contribution is -0.136. The molecular formula is C4H5Br3Cl2O2. The van der Waals surface area contributed by atoms with Crippen molar-refractivity contribution in [2.45, 2.75) is 13.9 Å². The van der Waals surface area contributed by atoms with Gasteiger partial charge in [-0.15, -0.1) is 24.0 Å². The van der Waals surface area contributed by atoms with Gasteiger partial charge in [-0.2, -0.15) is 0 Å². The SMILES string of the molecule is Cl.O=C(O)C(Cl)CC(Br)(Br)Br. The molecule has 11 heavy (non-hydrogen) atoms. The Balaban J connectivity index is 0. The molecule has 0 bridgehead atoms. The minimum atomic E-state index is -1.02. The molecule has 0 radical (unpaired) electrons. The summed E-state index contributed by atoms with van der Waals surface area (Å²) >= 11 is 14.8. The Hall–Kier alpha value is 1.49. The Morgan fingerprint density at radius 2 is 1.91 bits per heavy atom. The summed E-state index contributed by atoms with van der Waals surface area (Å²) in [6, 6.07) is 0. The van der Waals surface area contributed by atoms with Gasteiger partial charge in [0.05, 0.1) is 0 Å². The van der Waals surface area contributed by atoms with Gasteiger partial charge in [0.1, 0.15) is 7.52 Å². The first kappa shape index (κ1) is 15.0. The molecule has 0 saturated carbocycles. The maximum atomic E-state index is 10.2. The Morgan fingerprint density at radius 3 is 2.00 bits per heavy atom. The van der Waals surface area contributed by atoms with Crippen molar-refractivity contribution in [1.29, 1.82) is 0 Å². The number of hydrogen-bond donors (Lipinski definition) is 1. The van der Waals surface area contributed by atoms with Crippen molar-refractivity contribution in [3.05, 3.63) is 0 Å². The minimum Gasteiger partial charge on any atom is -0.480 e. The lowest BCUT2D eigenvalue weighted by Gasteiger charge is -2.12. The van der Waals surface area contributed by atoms with Crippen molar-refractivity contribution < 1.29 is 9.90 Å². The summed E-state index contributed by atoms with van der Waals surface area (Å²) in [5.74, 6) is -1.02. The normalized spacial score (nSPS) is 13.5. The van der Waals surface area contributed by atoms with Gasteiger partial charge in [0.2, 0.25) is 0 Å². The molecule has 0 rings (SSSR count). The molecule has 68 valence electrons. The van der Waals surface area contributed by atoms with Crippen molar-refractivity contribution in [2.24, 2.45) is 0 Å². The zero-order valence-corrected chi connectivity index (χ0v) is 11.4. The summed E-state index contributed by atoms with van der Waals surface area (Å²) in [6.07, 6.45) is 0.254. The first-order valence-electron chi connectivity index (χ1n) is 2.26. The van der Waals surface area contributed by atoms with Crippen LogP contribution in [0.2, 0.25) is 0 Å². The summed E-state index contributed by atoms with van der Waals surface area (Å²) in [6.45, 7) is 0. The van der Waals surface area contributed by atoms with Crippen LogP contribution in [0.25, 0.3) is 0 Å². The van der Waals surface area contributed by atoms with Crippen LogP contribution in [0.4, 0.5) is 0 Å². The summed E-state index contributed by atoms with van der Waals surface area (Å²) in [4.78, 5) is 10.2. The standard InChI is InChI=1S/C4H4Br3ClO2.ClH/c5-4(6,7)1-2(8)3(9)10;/h2H,1H2,(H,9,10);1H. The van der Waals surface area contributed by atoms with E-state index in [4.69, 9.17) is 16.7 Å². The third kappa shape index (κ3) is 9.40. The molecule has 1 N–H and O–H groups in total. The molecule has 0 heterocycles. The van der Waals surface area contributed by atoms with Crippen LogP contribution in [0.1, 0.15) is 6.42 Å². The molecule has 0 aliphatic heterocycles. The summed E-state index contributed by atoms with van der Waals surface area (Å²) in [5, 5.41) is 7.46. The average molecular weight is 396 g/mol. The fourth-order valence-corrected chi connectivity index (χ4v) is 2.05. The van der Waals surface area contributed by atoms with Gasteiger partial charge in [-0.25, -0.2) is 0 Å². The zero-order chi connectivity index (χ0) is 8.36. The van der Waals surface area contributed by atoms with E-state index in [-0.39, 0.29) is 18.8 Å². The fourth-order valence-electron chi connectivity index (χ4n) is 0.291. The van der Waals surface area contributed by atoms with E-state index in [0.29, 0.717) is 0 Å². The van der Waals surface area contributed by atoms with Gasteiger partial charge in [-0.3, -0.25) is 4.79 Å². The lowest BCUT2D eigenvalue weighted by atomic mass is 10.3. The molecule has 0 aromatic rings. The summed E-state index contributed by atoms with van der Waals surface area (Å²) < 4.78 is -0.572. The van der Waals surface area contributed by atoms with Crippen LogP contribution in [0, 0.1) is 0 Å². The average Bonchev–Trinajstić information content (AvgIpc) is 1.60. The number of halogens is 5. The molecule has 0 aliphatic carbocycles. The monoisotopic (exact) mass is 392 g/mol. The van der Waals surface area contributed by atoms with Gasteiger partial charge in [0.15, 0.2) is 0 Å². The smallest absolute Gasteiger partial charge is 0.321 e. The van der Waals surface area contributed by atoms with Gasteiger partial charge in [0.25, 0.3) is 0 Å². The van der Waals surface area contributed by atoms with E-state index in [1.54, 1.807) is 0 Å². The highest BCUT2D eigenvalue weighted by Crippen LogP contribution is 2.39. The highest BCUT2D eigenvalue weighted by atomic mass is 80.0. The van der Waals surface area contributed by atoms with Gasteiger partial charge in [-0.05, 0) is 0 Å². The molecule has 0 spiro atoms. The first-order chi connectivity index (χ1) is 4.33. The molecule has 0 aromatic carbocycles. The van der Waals surface area contributed by atoms with Crippen molar-refractivity contribution in [3.63, 3.8) is 0 Å². The van der Waals surface area contributed by atoms with E-state index in [2.05, 4.69) is 47.8 Å². The van der Waals surface area contributed by atoms with E-state index in [1.165, 1.54) is 0 Å². The number of rotatable bonds is 2. The molecule has 0 aliphatic rings. The first-order valence-corrected chi connectivity index (χ1v) is 5.08. The van der Waals surface area contributed by atoms with Crippen LogP contribution in [-0.2, 0) is 4.79 Å². The van der Waals surface area contributed by atoms with Crippen LogP contribution < -0.4 is 0 Å². The molecule has 0 fully saturated rings. The quantitative estimate of drug-likeness (QED) is 0.728. The third-order valence-electron chi connectivity index (χ3n) is 0.679. The number of carboxylic acids is 1. The molecule has 1 atom stereocenters. The molecule has 7 heteroatoms. The van der Waals surface area contributed by atoms with Gasteiger partial charge in [-0.1, -0.05) is 47.8 Å². The Labute approximate surface area is 101 Å². The topological polar surface area (TPSA) is 37.3 Å². The zero-order valence-electron chi connectivity index (χ0n) is 5.06. The van der Waals surface area contributed by atoms with E-state index < -0.39 is 13.5 Å². The van der Waals surface area contributed by atoms with Crippen LogP contribution in [0.15, 0.2) is 0 Å². The minimum absolute atomic E-state index is 0. The van der Waals surface area contributed by atoms with E-state index in [1.807, 2.05) is 0 Å². The largest absolute Gasteiger partial charge is 0.480 e. The predicted molar refractivity (Wildman–Crippen MR) is 58.7 cm³/mol. The van der Waals surface area contributed by atoms with Crippen LogP contribution in [0.5, 0.6) is 0 Å². The molecule has 2 nitrogen and oxygen atoms in total. The van der Waals surface area contributed by atoms with Crippen LogP contribution in [-0.4, -0.2) is 18.6 Å². The molecule has 1 unspecified atom stereocenters. The van der Waals surface area contributed by atoms with E-state index in [0.717, 1.165) is 0 Å². The van der Waals surface area contributed by atoms with Gasteiger partial charge in [0, 0.05) is 6.42 Å². The second-order valence-corrected chi connectivity index (χ2v) is 9.41. The fraction of sp³-hybridized carbons (Fsp3) is 0.750. The van der Waals surface area contributed by atoms with Crippen molar-refractivity contribution >= 4 is 77.8 Å². The van der Waals surface area contributed by atoms with Crippen LogP contribution >= 0.6 is 71.8 Å². The second kappa shape index (κ2) is 6.02. The highest BCUT2D eigenvalue weighted by molar-refractivity contribution is 9.39. The molecule has 0 amide bonds. The number of alkyl halides is 4. The molecule has 0 aromatic heterocycles. The van der Waals surface area contributed by atoms with E-state index >= 15 is 0 Å². The van der Waals surface area contributed by atoms with Crippen molar-refractivity contribution in [2.75, 3.05) is 0 Å². The Morgan fingerprint density at radius 1 is 1.55 bits per heavy atom. The maximum absolute atomic E-state index is 10.2. The number of hydrogen-bond acceptors (Lipinski definition) is 1. The highest BCUT2D eigenvalue weighted by Gasteiger charge is 2.26.